The number of rotatable bonds is 8. The molecule has 0 radical (unpaired) electrons. The number of carbonyl (C=O) groups excluding carboxylic acids is 1. The van der Waals surface area contributed by atoms with Gasteiger partial charge in [0.1, 0.15) is 12.4 Å². The SMILES string of the molecule is Cc1ccc(OCc2nnc(SCC(=O)N(C)Cc3ccccc3)n2N)c(C)c1. The number of benzene rings is 2. The van der Waals surface area contributed by atoms with Crippen LogP contribution in [-0.2, 0) is 17.9 Å². The molecule has 2 N–H and O–H groups in total. The van der Waals surface area contributed by atoms with Gasteiger partial charge in [0.05, 0.1) is 5.75 Å². The molecular weight excluding hydrogens is 386 g/mol. The Labute approximate surface area is 174 Å². The Kier molecular flexibility index (Phi) is 6.77. The van der Waals surface area contributed by atoms with E-state index in [2.05, 4.69) is 16.3 Å². The van der Waals surface area contributed by atoms with Crippen LogP contribution in [0.4, 0.5) is 0 Å². The van der Waals surface area contributed by atoms with E-state index in [1.165, 1.54) is 22.0 Å². The first kappa shape index (κ1) is 20.7. The molecule has 1 aromatic heterocycles. The smallest absolute Gasteiger partial charge is 0.233 e. The van der Waals surface area contributed by atoms with Gasteiger partial charge in [0, 0.05) is 13.6 Å². The fraction of sp³-hybridized carbons (Fsp3) is 0.286. The highest BCUT2D eigenvalue weighted by molar-refractivity contribution is 7.99. The second-order valence-corrected chi connectivity index (χ2v) is 7.79. The van der Waals surface area contributed by atoms with Crippen LogP contribution in [0.1, 0.15) is 22.5 Å². The van der Waals surface area contributed by atoms with Crippen molar-refractivity contribution < 1.29 is 9.53 Å². The minimum absolute atomic E-state index is 0.00469. The first-order valence-electron chi connectivity index (χ1n) is 9.24. The number of aryl methyl sites for hydroxylation is 2. The maximum atomic E-state index is 12.4. The highest BCUT2D eigenvalue weighted by Crippen LogP contribution is 2.21. The summed E-state index contributed by atoms with van der Waals surface area (Å²) in [6, 6.07) is 15.8. The summed E-state index contributed by atoms with van der Waals surface area (Å²) in [6.07, 6.45) is 0. The number of hydrogen-bond acceptors (Lipinski definition) is 6. The molecule has 0 aliphatic carbocycles. The molecule has 3 aromatic rings. The Bertz CT molecular complexity index is 974. The maximum Gasteiger partial charge on any atom is 0.233 e. The number of thioether (sulfide) groups is 1. The van der Waals surface area contributed by atoms with Crippen molar-refractivity contribution in [2.24, 2.45) is 0 Å². The van der Waals surface area contributed by atoms with E-state index in [1.807, 2.05) is 56.3 Å². The molecule has 2 aromatic carbocycles. The summed E-state index contributed by atoms with van der Waals surface area (Å²) in [6.45, 7) is 4.80. The summed E-state index contributed by atoms with van der Waals surface area (Å²) in [5, 5.41) is 8.64. The lowest BCUT2D eigenvalue weighted by Crippen LogP contribution is -2.28. The third-order valence-electron chi connectivity index (χ3n) is 4.44. The van der Waals surface area contributed by atoms with Crippen LogP contribution in [0.2, 0.25) is 0 Å². The Morgan fingerprint density at radius 1 is 1.17 bits per heavy atom. The van der Waals surface area contributed by atoms with Crippen LogP contribution < -0.4 is 10.6 Å². The number of nitrogens with zero attached hydrogens (tertiary/aromatic N) is 4. The third-order valence-corrected chi connectivity index (χ3v) is 5.36. The van der Waals surface area contributed by atoms with Gasteiger partial charge in [-0.05, 0) is 31.0 Å². The number of ether oxygens (including phenoxy) is 1. The minimum Gasteiger partial charge on any atom is -0.485 e. The lowest BCUT2D eigenvalue weighted by atomic mass is 10.1. The highest BCUT2D eigenvalue weighted by atomic mass is 32.2. The van der Waals surface area contributed by atoms with Gasteiger partial charge in [0.25, 0.3) is 0 Å². The van der Waals surface area contributed by atoms with Gasteiger partial charge in [0.15, 0.2) is 5.82 Å². The predicted octanol–water partition coefficient (Wildman–Crippen LogP) is 2.94. The van der Waals surface area contributed by atoms with E-state index in [4.69, 9.17) is 10.6 Å². The molecule has 0 unspecified atom stereocenters. The monoisotopic (exact) mass is 411 g/mol. The van der Waals surface area contributed by atoms with Gasteiger partial charge in [0.2, 0.25) is 11.1 Å². The lowest BCUT2D eigenvalue weighted by Gasteiger charge is -2.16. The van der Waals surface area contributed by atoms with Crippen LogP contribution in [0, 0.1) is 13.8 Å². The molecule has 0 aliphatic rings. The molecule has 0 atom stereocenters. The number of aromatic nitrogens is 3. The molecule has 3 rings (SSSR count). The molecule has 29 heavy (non-hydrogen) atoms. The van der Waals surface area contributed by atoms with E-state index in [1.54, 1.807) is 11.9 Å². The molecule has 8 heteroatoms. The van der Waals surface area contributed by atoms with Gasteiger partial charge in [-0.25, -0.2) is 4.68 Å². The molecule has 0 saturated heterocycles. The van der Waals surface area contributed by atoms with Crippen molar-refractivity contribution in [3.05, 3.63) is 71.0 Å². The van der Waals surface area contributed by atoms with Gasteiger partial charge in [-0.2, -0.15) is 0 Å². The van der Waals surface area contributed by atoms with E-state index < -0.39 is 0 Å². The van der Waals surface area contributed by atoms with E-state index >= 15 is 0 Å². The molecule has 0 bridgehead atoms. The number of nitrogens with two attached hydrogens (primary N) is 1. The van der Waals surface area contributed by atoms with Crippen LogP contribution in [0.3, 0.4) is 0 Å². The summed E-state index contributed by atoms with van der Waals surface area (Å²) in [5.74, 6) is 7.59. The number of amides is 1. The normalized spacial score (nSPS) is 10.7. The van der Waals surface area contributed by atoms with E-state index in [9.17, 15) is 4.79 Å². The second kappa shape index (κ2) is 9.47. The Hall–Kier alpha value is -3.00. The standard InChI is InChI=1S/C21H25N5O2S/c1-15-9-10-18(16(2)11-15)28-13-19-23-24-21(26(19)22)29-14-20(27)25(3)12-17-7-5-4-6-8-17/h4-11H,12-14,22H2,1-3H3. The summed E-state index contributed by atoms with van der Waals surface area (Å²) in [4.78, 5) is 14.1. The van der Waals surface area contributed by atoms with Crippen LogP contribution in [0.5, 0.6) is 5.75 Å². The summed E-state index contributed by atoms with van der Waals surface area (Å²) in [7, 11) is 1.78. The van der Waals surface area contributed by atoms with Crippen molar-refractivity contribution in [1.82, 2.24) is 19.8 Å². The first-order chi connectivity index (χ1) is 13.9. The average Bonchev–Trinajstić information content (AvgIpc) is 3.06. The third kappa shape index (κ3) is 5.51. The molecule has 0 aliphatic heterocycles. The molecule has 0 fully saturated rings. The average molecular weight is 412 g/mol. The molecule has 1 amide bonds. The zero-order valence-corrected chi connectivity index (χ0v) is 17.6. The van der Waals surface area contributed by atoms with Gasteiger partial charge >= 0.3 is 0 Å². The van der Waals surface area contributed by atoms with Crippen LogP contribution in [0.15, 0.2) is 53.7 Å². The van der Waals surface area contributed by atoms with Crippen LogP contribution in [0.25, 0.3) is 0 Å². The first-order valence-corrected chi connectivity index (χ1v) is 10.2. The van der Waals surface area contributed by atoms with Gasteiger partial charge in [-0.3, -0.25) is 4.79 Å². The summed E-state index contributed by atoms with van der Waals surface area (Å²) >= 11 is 1.26. The second-order valence-electron chi connectivity index (χ2n) is 6.85. The fourth-order valence-electron chi connectivity index (χ4n) is 2.79. The number of carbonyl (C=O) groups is 1. The Morgan fingerprint density at radius 3 is 2.66 bits per heavy atom. The molecule has 0 saturated carbocycles. The van der Waals surface area contributed by atoms with Crippen LogP contribution >= 0.6 is 11.8 Å². The maximum absolute atomic E-state index is 12.4. The topological polar surface area (TPSA) is 86.3 Å². The lowest BCUT2D eigenvalue weighted by molar-refractivity contribution is -0.127. The van der Waals surface area contributed by atoms with E-state index in [0.29, 0.717) is 17.5 Å². The Balaban J connectivity index is 1.53. The zero-order valence-electron chi connectivity index (χ0n) is 16.8. The van der Waals surface area contributed by atoms with Gasteiger partial charge in [-0.1, -0.05) is 59.8 Å². The zero-order chi connectivity index (χ0) is 20.8. The molecule has 152 valence electrons. The van der Waals surface area contributed by atoms with Crippen molar-refractivity contribution in [2.45, 2.75) is 32.2 Å². The van der Waals surface area contributed by atoms with Gasteiger partial charge in [-0.15, -0.1) is 10.2 Å². The van der Waals surface area contributed by atoms with Crippen molar-refractivity contribution in [1.29, 1.82) is 0 Å². The molecule has 1 heterocycles. The van der Waals surface area contributed by atoms with Gasteiger partial charge < -0.3 is 15.5 Å². The molecule has 0 spiro atoms. The van der Waals surface area contributed by atoms with Crippen molar-refractivity contribution in [2.75, 3.05) is 18.6 Å². The summed E-state index contributed by atoms with van der Waals surface area (Å²) < 4.78 is 7.19. The Morgan fingerprint density at radius 2 is 1.93 bits per heavy atom. The number of hydrogen-bond donors (Lipinski definition) is 1. The quantitative estimate of drug-likeness (QED) is 0.453. The molecule has 7 nitrogen and oxygen atoms in total. The fourth-order valence-corrected chi connectivity index (χ4v) is 3.61. The van der Waals surface area contributed by atoms with Crippen molar-refractivity contribution in [3.8, 4) is 5.75 Å². The van der Waals surface area contributed by atoms with Crippen molar-refractivity contribution >= 4 is 17.7 Å². The van der Waals surface area contributed by atoms with E-state index in [0.717, 1.165) is 16.9 Å². The largest absolute Gasteiger partial charge is 0.485 e. The van der Waals surface area contributed by atoms with Crippen molar-refractivity contribution in [3.63, 3.8) is 0 Å². The predicted molar refractivity (Wildman–Crippen MR) is 114 cm³/mol. The van der Waals surface area contributed by atoms with Crippen LogP contribution in [-0.4, -0.2) is 38.5 Å². The highest BCUT2D eigenvalue weighted by Gasteiger charge is 2.15. The van der Waals surface area contributed by atoms with E-state index in [-0.39, 0.29) is 18.3 Å². The number of nitrogen functional groups attached to an aromatic ring is 1. The minimum atomic E-state index is -0.00469. The molecular formula is C21H25N5O2S. The summed E-state index contributed by atoms with van der Waals surface area (Å²) in [5.41, 5.74) is 3.31.